The highest BCUT2D eigenvalue weighted by Crippen LogP contribution is 2.29. The van der Waals surface area contributed by atoms with Gasteiger partial charge in [-0.2, -0.15) is 0 Å². The molecule has 0 spiro atoms. The van der Waals surface area contributed by atoms with E-state index in [-0.39, 0.29) is 5.91 Å². The maximum atomic E-state index is 11.6. The van der Waals surface area contributed by atoms with Gasteiger partial charge in [-0.15, -0.1) is 0 Å². The van der Waals surface area contributed by atoms with Crippen LogP contribution < -0.4 is 14.8 Å². The van der Waals surface area contributed by atoms with Crippen LogP contribution >= 0.6 is 0 Å². The lowest BCUT2D eigenvalue weighted by Crippen LogP contribution is -2.23. The molecule has 1 N–H and O–H groups in total. The van der Waals surface area contributed by atoms with Crippen molar-refractivity contribution < 1.29 is 14.3 Å². The van der Waals surface area contributed by atoms with Gasteiger partial charge in [-0.25, -0.2) is 0 Å². The third kappa shape index (κ3) is 4.30. The van der Waals surface area contributed by atoms with Crippen LogP contribution in [0.15, 0.2) is 24.3 Å². The number of methoxy groups -OCH3 is 1. The van der Waals surface area contributed by atoms with Gasteiger partial charge in [0.15, 0.2) is 11.5 Å². The first-order valence-electron chi connectivity index (χ1n) is 6.99. The Kier molecular flexibility index (Phi) is 5.04. The summed E-state index contributed by atoms with van der Waals surface area (Å²) in [5.41, 5.74) is 0.913. The van der Waals surface area contributed by atoms with E-state index in [1.54, 1.807) is 19.3 Å². The predicted octanol–water partition coefficient (Wildman–Crippen LogP) is 2.63. The molecule has 1 saturated carbocycles. The van der Waals surface area contributed by atoms with Crippen LogP contribution in [0.1, 0.15) is 25.3 Å². The van der Waals surface area contributed by atoms with Crippen molar-refractivity contribution >= 4 is 12.0 Å². The number of carbonyl (C=O) groups excluding carboxylic acids is 1. The van der Waals surface area contributed by atoms with E-state index >= 15 is 0 Å². The van der Waals surface area contributed by atoms with Gasteiger partial charge in [-0.05, 0) is 49.5 Å². The van der Waals surface area contributed by atoms with Gasteiger partial charge < -0.3 is 14.8 Å². The first kappa shape index (κ1) is 14.4. The van der Waals surface area contributed by atoms with Gasteiger partial charge in [-0.1, -0.05) is 6.07 Å². The Hall–Kier alpha value is -1.97. The molecule has 1 aliphatic rings. The molecule has 4 heteroatoms. The summed E-state index contributed by atoms with van der Waals surface area (Å²) in [6.45, 7) is 3.29. The Balaban J connectivity index is 1.96. The minimum atomic E-state index is -0.0503. The third-order valence-corrected chi connectivity index (χ3v) is 3.18. The van der Waals surface area contributed by atoms with Crippen LogP contribution in [-0.4, -0.2) is 26.2 Å². The van der Waals surface area contributed by atoms with Crippen LogP contribution in [0.25, 0.3) is 6.08 Å². The van der Waals surface area contributed by atoms with Crippen molar-refractivity contribution in [3.05, 3.63) is 29.8 Å². The summed E-state index contributed by atoms with van der Waals surface area (Å²) in [5, 5.41) is 2.90. The lowest BCUT2D eigenvalue weighted by atomic mass is 10.2. The van der Waals surface area contributed by atoms with Crippen molar-refractivity contribution in [3.8, 4) is 11.5 Å². The Morgan fingerprint density at radius 1 is 1.40 bits per heavy atom. The molecule has 1 aromatic carbocycles. The van der Waals surface area contributed by atoms with Crippen LogP contribution in [0.3, 0.4) is 0 Å². The summed E-state index contributed by atoms with van der Waals surface area (Å²) in [5.74, 6) is 2.03. The van der Waals surface area contributed by atoms with E-state index in [0.717, 1.165) is 12.1 Å². The molecule has 1 amide bonds. The maximum Gasteiger partial charge on any atom is 0.244 e. The molecule has 0 heterocycles. The molecular formula is C16H21NO3. The van der Waals surface area contributed by atoms with Crippen molar-refractivity contribution in [3.63, 3.8) is 0 Å². The highest BCUT2D eigenvalue weighted by Gasteiger charge is 2.20. The largest absolute Gasteiger partial charge is 0.493 e. The fourth-order valence-electron chi connectivity index (χ4n) is 1.86. The van der Waals surface area contributed by atoms with E-state index in [1.807, 2.05) is 25.1 Å². The van der Waals surface area contributed by atoms with Crippen molar-refractivity contribution in [2.24, 2.45) is 5.92 Å². The molecule has 0 aromatic heterocycles. The Bertz CT molecular complexity index is 492. The Morgan fingerprint density at radius 2 is 2.20 bits per heavy atom. The Morgan fingerprint density at radius 3 is 2.85 bits per heavy atom. The van der Waals surface area contributed by atoms with Crippen molar-refractivity contribution in [2.45, 2.75) is 19.8 Å². The second-order valence-electron chi connectivity index (χ2n) is 4.87. The van der Waals surface area contributed by atoms with E-state index in [2.05, 4.69) is 5.32 Å². The highest BCUT2D eigenvalue weighted by atomic mass is 16.5. The van der Waals surface area contributed by atoms with Crippen LogP contribution in [-0.2, 0) is 4.79 Å². The van der Waals surface area contributed by atoms with Crippen molar-refractivity contribution in [1.82, 2.24) is 5.32 Å². The number of carbonyl (C=O) groups is 1. The fraction of sp³-hybridized carbons (Fsp3) is 0.438. The molecule has 0 atom stereocenters. The maximum absolute atomic E-state index is 11.6. The lowest BCUT2D eigenvalue weighted by molar-refractivity contribution is -0.116. The minimum Gasteiger partial charge on any atom is -0.493 e. The molecule has 0 saturated heterocycles. The van der Waals surface area contributed by atoms with Crippen molar-refractivity contribution in [1.29, 1.82) is 0 Å². The highest BCUT2D eigenvalue weighted by molar-refractivity contribution is 5.91. The van der Waals surface area contributed by atoms with Gasteiger partial charge in [0.25, 0.3) is 0 Å². The predicted molar refractivity (Wildman–Crippen MR) is 78.9 cm³/mol. The number of benzene rings is 1. The average Bonchev–Trinajstić information content (AvgIpc) is 3.27. The number of rotatable bonds is 7. The SMILES string of the molecule is CCOc1cc(/C=C/C(=O)NCC2CC2)ccc1OC. The van der Waals surface area contributed by atoms with Gasteiger partial charge >= 0.3 is 0 Å². The molecule has 1 aliphatic carbocycles. The van der Waals surface area contributed by atoms with Crippen LogP contribution in [0.2, 0.25) is 0 Å². The molecular weight excluding hydrogens is 254 g/mol. The summed E-state index contributed by atoms with van der Waals surface area (Å²) < 4.78 is 10.7. The van der Waals surface area contributed by atoms with Crippen molar-refractivity contribution in [2.75, 3.05) is 20.3 Å². The molecule has 1 aromatic rings. The molecule has 4 nitrogen and oxygen atoms in total. The smallest absolute Gasteiger partial charge is 0.244 e. The summed E-state index contributed by atoms with van der Waals surface area (Å²) in [4.78, 5) is 11.6. The van der Waals surface area contributed by atoms with Gasteiger partial charge in [-0.3, -0.25) is 4.79 Å². The summed E-state index contributed by atoms with van der Waals surface area (Å²) in [6.07, 6.45) is 5.81. The van der Waals surface area contributed by atoms with E-state index in [4.69, 9.17) is 9.47 Å². The summed E-state index contributed by atoms with van der Waals surface area (Å²) in [6, 6.07) is 5.60. The summed E-state index contributed by atoms with van der Waals surface area (Å²) in [7, 11) is 1.61. The topological polar surface area (TPSA) is 47.6 Å². The van der Waals surface area contributed by atoms with Crippen LogP contribution in [0.5, 0.6) is 11.5 Å². The Labute approximate surface area is 119 Å². The van der Waals surface area contributed by atoms with Gasteiger partial charge in [0.1, 0.15) is 0 Å². The van der Waals surface area contributed by atoms with Gasteiger partial charge in [0.2, 0.25) is 5.91 Å². The number of hydrogen-bond donors (Lipinski definition) is 1. The molecule has 0 bridgehead atoms. The van der Waals surface area contributed by atoms with Gasteiger partial charge in [0, 0.05) is 12.6 Å². The number of amides is 1. The van der Waals surface area contributed by atoms with E-state index in [9.17, 15) is 4.79 Å². The average molecular weight is 275 g/mol. The second-order valence-corrected chi connectivity index (χ2v) is 4.87. The quantitative estimate of drug-likeness (QED) is 0.778. The first-order valence-corrected chi connectivity index (χ1v) is 6.99. The normalized spacial score (nSPS) is 14.3. The fourth-order valence-corrected chi connectivity index (χ4v) is 1.86. The molecule has 0 aliphatic heterocycles. The first-order chi connectivity index (χ1) is 9.72. The molecule has 1 fully saturated rings. The third-order valence-electron chi connectivity index (χ3n) is 3.18. The number of hydrogen-bond acceptors (Lipinski definition) is 3. The minimum absolute atomic E-state index is 0.0503. The molecule has 0 unspecified atom stereocenters. The molecule has 0 radical (unpaired) electrons. The van der Waals surface area contributed by atoms with Crippen LogP contribution in [0, 0.1) is 5.92 Å². The zero-order valence-electron chi connectivity index (χ0n) is 12.0. The van der Waals surface area contributed by atoms with E-state index in [0.29, 0.717) is 24.0 Å². The lowest BCUT2D eigenvalue weighted by Gasteiger charge is -2.09. The van der Waals surface area contributed by atoms with E-state index < -0.39 is 0 Å². The second kappa shape index (κ2) is 6.98. The molecule has 108 valence electrons. The zero-order valence-corrected chi connectivity index (χ0v) is 12.0. The van der Waals surface area contributed by atoms with E-state index in [1.165, 1.54) is 12.8 Å². The van der Waals surface area contributed by atoms with Crippen LogP contribution in [0.4, 0.5) is 0 Å². The zero-order chi connectivity index (χ0) is 14.4. The van der Waals surface area contributed by atoms with Gasteiger partial charge in [0.05, 0.1) is 13.7 Å². The molecule has 2 rings (SSSR count). The number of ether oxygens (including phenoxy) is 2. The monoisotopic (exact) mass is 275 g/mol. The number of nitrogens with one attached hydrogen (secondary N) is 1. The summed E-state index contributed by atoms with van der Waals surface area (Å²) >= 11 is 0. The standard InChI is InChI=1S/C16H21NO3/c1-3-20-15-10-12(6-8-14(15)19-2)7-9-16(18)17-11-13-4-5-13/h6-10,13H,3-5,11H2,1-2H3,(H,17,18)/b9-7+. The molecule has 20 heavy (non-hydrogen) atoms.